The molecule has 0 aromatic carbocycles. The van der Waals surface area contributed by atoms with Crippen LogP contribution in [-0.2, 0) is 13.6 Å². The molecule has 2 aromatic rings. The maximum atomic E-state index is 10.9. The molecule has 0 unspecified atom stereocenters. The Balaban J connectivity index is 2.36. The highest BCUT2D eigenvalue weighted by Gasteiger charge is 2.18. The van der Waals surface area contributed by atoms with E-state index in [0.29, 0.717) is 17.0 Å². The summed E-state index contributed by atoms with van der Waals surface area (Å²) in [6.07, 6.45) is 3.62. The zero-order chi connectivity index (χ0) is 12.6. The third kappa shape index (κ3) is 2.23. The van der Waals surface area contributed by atoms with Gasteiger partial charge in [-0.25, -0.2) is 9.78 Å². The second-order valence-electron chi connectivity index (χ2n) is 3.71. The van der Waals surface area contributed by atoms with E-state index < -0.39 is 5.97 Å². The number of rotatable bonds is 3. The Hall–Kier alpha value is -1.63. The van der Waals surface area contributed by atoms with E-state index in [1.54, 1.807) is 22.4 Å². The minimum Gasteiger partial charge on any atom is -0.476 e. The molecule has 2 rings (SSSR count). The highest BCUT2D eigenvalue weighted by Crippen LogP contribution is 2.20. The third-order valence-electron chi connectivity index (χ3n) is 2.40. The number of carboxylic acids is 1. The van der Waals surface area contributed by atoms with Crippen molar-refractivity contribution in [2.75, 3.05) is 0 Å². The van der Waals surface area contributed by atoms with Crippen LogP contribution in [0.3, 0.4) is 0 Å². The van der Waals surface area contributed by atoms with Crippen molar-refractivity contribution in [3.63, 3.8) is 0 Å². The van der Waals surface area contributed by atoms with Crippen LogP contribution in [0.2, 0.25) is 0 Å². The molecule has 0 radical (unpaired) electrons. The van der Waals surface area contributed by atoms with Crippen molar-refractivity contribution in [1.29, 1.82) is 0 Å². The third-order valence-corrected chi connectivity index (χ3v) is 3.20. The van der Waals surface area contributed by atoms with E-state index in [1.807, 2.05) is 13.2 Å². The van der Waals surface area contributed by atoms with Crippen LogP contribution >= 0.6 is 15.9 Å². The van der Waals surface area contributed by atoms with Gasteiger partial charge in [-0.05, 0) is 22.9 Å². The molecule has 2 aromatic heterocycles. The number of imidazole rings is 1. The number of halogens is 1. The van der Waals surface area contributed by atoms with E-state index in [-0.39, 0.29) is 5.69 Å². The summed E-state index contributed by atoms with van der Waals surface area (Å²) in [4.78, 5) is 14.9. The SMILES string of the molecule is Cc1nc(C(=O)O)c(Br)n1Cc1cnn(C)c1. The monoisotopic (exact) mass is 298 g/mol. The summed E-state index contributed by atoms with van der Waals surface area (Å²) >= 11 is 3.26. The summed E-state index contributed by atoms with van der Waals surface area (Å²) in [5, 5.41) is 13.0. The molecule has 17 heavy (non-hydrogen) atoms. The highest BCUT2D eigenvalue weighted by molar-refractivity contribution is 9.10. The van der Waals surface area contributed by atoms with Crippen molar-refractivity contribution in [2.24, 2.45) is 7.05 Å². The van der Waals surface area contributed by atoms with Gasteiger partial charge in [-0.1, -0.05) is 0 Å². The molecule has 7 heteroatoms. The number of aromatic carboxylic acids is 1. The first-order valence-corrected chi connectivity index (χ1v) is 5.71. The minimum absolute atomic E-state index is 0.0337. The smallest absolute Gasteiger partial charge is 0.357 e. The first kappa shape index (κ1) is 11.8. The van der Waals surface area contributed by atoms with Crippen molar-refractivity contribution < 1.29 is 9.90 Å². The second kappa shape index (κ2) is 4.33. The predicted molar refractivity (Wildman–Crippen MR) is 63.9 cm³/mol. The van der Waals surface area contributed by atoms with Crippen molar-refractivity contribution >= 4 is 21.9 Å². The van der Waals surface area contributed by atoms with E-state index >= 15 is 0 Å². The Morgan fingerprint density at radius 1 is 1.59 bits per heavy atom. The molecule has 1 N–H and O–H groups in total. The van der Waals surface area contributed by atoms with E-state index in [2.05, 4.69) is 26.0 Å². The first-order chi connectivity index (χ1) is 7.99. The summed E-state index contributed by atoms with van der Waals surface area (Å²) in [5.74, 6) is -0.386. The van der Waals surface area contributed by atoms with Gasteiger partial charge in [0, 0.05) is 18.8 Å². The number of hydrogen-bond donors (Lipinski definition) is 1. The lowest BCUT2D eigenvalue weighted by molar-refractivity contribution is 0.0689. The van der Waals surface area contributed by atoms with Crippen LogP contribution in [-0.4, -0.2) is 30.4 Å². The van der Waals surface area contributed by atoms with E-state index in [4.69, 9.17) is 5.11 Å². The molecule has 0 atom stereocenters. The summed E-state index contributed by atoms with van der Waals surface area (Å²) in [6.45, 7) is 2.31. The standard InChI is InChI=1S/C10H11BrN4O2/c1-6-13-8(10(16)17)9(11)15(6)5-7-3-12-14(2)4-7/h3-4H,5H2,1-2H3,(H,16,17). The molecule has 0 spiro atoms. The van der Waals surface area contributed by atoms with Crippen LogP contribution in [0, 0.1) is 6.92 Å². The Morgan fingerprint density at radius 3 is 2.76 bits per heavy atom. The van der Waals surface area contributed by atoms with Gasteiger partial charge in [-0.2, -0.15) is 5.10 Å². The van der Waals surface area contributed by atoms with Crippen LogP contribution in [0.5, 0.6) is 0 Å². The minimum atomic E-state index is -1.04. The number of nitrogens with zero attached hydrogens (tertiary/aromatic N) is 4. The largest absolute Gasteiger partial charge is 0.476 e. The molecule has 0 bridgehead atoms. The van der Waals surface area contributed by atoms with Gasteiger partial charge in [0.15, 0.2) is 5.69 Å². The number of aryl methyl sites for hydroxylation is 2. The van der Waals surface area contributed by atoms with E-state index in [0.717, 1.165) is 5.56 Å². The van der Waals surface area contributed by atoms with Gasteiger partial charge in [0.1, 0.15) is 10.4 Å². The quantitative estimate of drug-likeness (QED) is 0.930. The van der Waals surface area contributed by atoms with Crippen molar-refractivity contribution in [1.82, 2.24) is 19.3 Å². The average molecular weight is 299 g/mol. The Morgan fingerprint density at radius 2 is 2.29 bits per heavy atom. The van der Waals surface area contributed by atoms with Crippen LogP contribution < -0.4 is 0 Å². The van der Waals surface area contributed by atoms with Crippen molar-refractivity contribution in [3.8, 4) is 0 Å². The van der Waals surface area contributed by atoms with Crippen LogP contribution in [0.1, 0.15) is 21.9 Å². The van der Waals surface area contributed by atoms with Gasteiger partial charge in [0.2, 0.25) is 0 Å². The van der Waals surface area contributed by atoms with Gasteiger partial charge in [0.25, 0.3) is 0 Å². The molecule has 2 heterocycles. The zero-order valence-corrected chi connectivity index (χ0v) is 11.0. The number of carboxylic acid groups (broad SMARTS) is 1. The number of carbonyl (C=O) groups is 1. The average Bonchev–Trinajstić information content (AvgIpc) is 2.77. The Bertz CT molecular complexity index is 573. The fourth-order valence-electron chi connectivity index (χ4n) is 1.59. The maximum absolute atomic E-state index is 10.9. The van der Waals surface area contributed by atoms with Crippen LogP contribution in [0.4, 0.5) is 0 Å². The van der Waals surface area contributed by atoms with Gasteiger partial charge >= 0.3 is 5.97 Å². The lowest BCUT2D eigenvalue weighted by atomic mass is 10.3. The molecule has 0 aliphatic heterocycles. The zero-order valence-electron chi connectivity index (χ0n) is 9.38. The molecule has 0 aliphatic carbocycles. The lowest BCUT2D eigenvalue weighted by Gasteiger charge is -2.04. The van der Waals surface area contributed by atoms with Gasteiger partial charge in [-0.15, -0.1) is 0 Å². The number of aromatic nitrogens is 4. The van der Waals surface area contributed by atoms with Gasteiger partial charge in [-0.3, -0.25) is 4.68 Å². The summed E-state index contributed by atoms with van der Waals surface area (Å²) in [5.41, 5.74) is 1.03. The van der Waals surface area contributed by atoms with Crippen molar-refractivity contribution in [2.45, 2.75) is 13.5 Å². The predicted octanol–water partition coefficient (Wildman–Crippen LogP) is 1.43. The van der Waals surface area contributed by atoms with Crippen molar-refractivity contribution in [3.05, 3.63) is 34.1 Å². The van der Waals surface area contributed by atoms with E-state index in [9.17, 15) is 4.79 Å². The molecule has 0 saturated heterocycles. The summed E-state index contributed by atoms with van der Waals surface area (Å²) in [7, 11) is 1.84. The van der Waals surface area contributed by atoms with Gasteiger partial charge in [0.05, 0.1) is 12.7 Å². The van der Waals surface area contributed by atoms with Gasteiger partial charge < -0.3 is 9.67 Å². The topological polar surface area (TPSA) is 72.9 Å². The maximum Gasteiger partial charge on any atom is 0.357 e. The normalized spacial score (nSPS) is 10.8. The molecule has 0 aliphatic rings. The molecule has 0 saturated carbocycles. The Labute approximate surface area is 106 Å². The fourth-order valence-corrected chi connectivity index (χ4v) is 2.23. The molecule has 0 amide bonds. The van der Waals surface area contributed by atoms with Crippen LogP contribution in [0.25, 0.3) is 0 Å². The summed E-state index contributed by atoms with van der Waals surface area (Å²) in [6, 6.07) is 0. The molecule has 0 fully saturated rings. The lowest BCUT2D eigenvalue weighted by Crippen LogP contribution is -2.02. The highest BCUT2D eigenvalue weighted by atomic mass is 79.9. The number of hydrogen-bond acceptors (Lipinski definition) is 3. The summed E-state index contributed by atoms with van der Waals surface area (Å²) < 4.78 is 3.97. The molecule has 6 nitrogen and oxygen atoms in total. The molecular weight excluding hydrogens is 288 g/mol. The Kier molecular flexibility index (Phi) is 3.01. The fraction of sp³-hybridized carbons (Fsp3) is 0.300. The molecule has 90 valence electrons. The second-order valence-corrected chi connectivity index (χ2v) is 4.46. The van der Waals surface area contributed by atoms with Crippen LogP contribution in [0.15, 0.2) is 17.0 Å². The van der Waals surface area contributed by atoms with E-state index in [1.165, 1.54) is 0 Å². The first-order valence-electron chi connectivity index (χ1n) is 4.92. The molecular formula is C10H11BrN4O2.